The smallest absolute Gasteiger partial charge is 0.232 e. The molecule has 1 aliphatic rings. The van der Waals surface area contributed by atoms with Gasteiger partial charge in [-0.15, -0.1) is 12.4 Å². The molecule has 4 nitrogen and oxygen atoms in total. The van der Waals surface area contributed by atoms with Crippen LogP contribution in [0.3, 0.4) is 0 Å². The van der Waals surface area contributed by atoms with Gasteiger partial charge in [0.15, 0.2) is 0 Å². The molecule has 18 heavy (non-hydrogen) atoms. The highest BCUT2D eigenvalue weighted by molar-refractivity contribution is 5.95. The van der Waals surface area contributed by atoms with E-state index in [0.717, 1.165) is 5.69 Å². The van der Waals surface area contributed by atoms with Crippen molar-refractivity contribution in [2.75, 3.05) is 25.1 Å². The van der Waals surface area contributed by atoms with Crippen LogP contribution < -0.4 is 11.1 Å². The molecule has 2 rings (SSSR count). The molecule has 5 heteroatoms. The number of amides is 1. The van der Waals surface area contributed by atoms with Crippen molar-refractivity contribution >= 4 is 24.0 Å². The van der Waals surface area contributed by atoms with Crippen LogP contribution in [-0.4, -0.2) is 25.7 Å². The maximum Gasteiger partial charge on any atom is 0.232 e. The van der Waals surface area contributed by atoms with Crippen LogP contribution in [0.4, 0.5) is 5.69 Å². The highest BCUT2D eigenvalue weighted by Crippen LogP contribution is 2.30. The Morgan fingerprint density at radius 3 is 2.44 bits per heavy atom. The van der Waals surface area contributed by atoms with Crippen molar-refractivity contribution in [3.05, 3.63) is 30.3 Å². The molecule has 1 amide bonds. The average molecular weight is 271 g/mol. The van der Waals surface area contributed by atoms with Crippen molar-refractivity contribution in [1.29, 1.82) is 0 Å². The van der Waals surface area contributed by atoms with Crippen LogP contribution in [0.25, 0.3) is 0 Å². The zero-order valence-corrected chi connectivity index (χ0v) is 11.0. The van der Waals surface area contributed by atoms with Crippen LogP contribution in [0.5, 0.6) is 0 Å². The van der Waals surface area contributed by atoms with Gasteiger partial charge in [0.2, 0.25) is 5.91 Å². The van der Waals surface area contributed by atoms with Crippen molar-refractivity contribution in [3.8, 4) is 0 Å². The number of halogens is 1. The minimum absolute atomic E-state index is 0. The van der Waals surface area contributed by atoms with Gasteiger partial charge in [-0.25, -0.2) is 0 Å². The van der Waals surface area contributed by atoms with E-state index in [4.69, 9.17) is 10.5 Å². The maximum atomic E-state index is 12.3. The second kappa shape index (κ2) is 6.73. The first-order valence-corrected chi connectivity index (χ1v) is 5.91. The normalized spacial score (nSPS) is 17.6. The number of carbonyl (C=O) groups is 1. The highest BCUT2D eigenvalue weighted by Gasteiger charge is 2.38. The molecule has 1 aliphatic heterocycles. The van der Waals surface area contributed by atoms with Crippen LogP contribution >= 0.6 is 12.4 Å². The highest BCUT2D eigenvalue weighted by atomic mass is 35.5. The first kappa shape index (κ1) is 15.0. The Kier molecular flexibility index (Phi) is 5.59. The van der Waals surface area contributed by atoms with Gasteiger partial charge in [-0.1, -0.05) is 18.2 Å². The zero-order chi connectivity index (χ0) is 12.1. The Hall–Kier alpha value is -1.10. The van der Waals surface area contributed by atoms with Gasteiger partial charge in [-0.05, 0) is 25.0 Å². The Morgan fingerprint density at radius 1 is 1.28 bits per heavy atom. The number of benzene rings is 1. The van der Waals surface area contributed by atoms with E-state index in [9.17, 15) is 4.79 Å². The lowest BCUT2D eigenvalue weighted by molar-refractivity contribution is -0.130. The molecule has 0 aliphatic carbocycles. The topological polar surface area (TPSA) is 64.4 Å². The summed E-state index contributed by atoms with van der Waals surface area (Å²) in [5.74, 6) is 0.00880. The molecule has 0 aromatic heterocycles. The Balaban J connectivity index is 0.00000162. The van der Waals surface area contributed by atoms with Crippen LogP contribution in [0, 0.1) is 5.41 Å². The van der Waals surface area contributed by atoms with Gasteiger partial charge >= 0.3 is 0 Å². The Bertz CT molecular complexity index is 378. The number of nitrogens with one attached hydrogen (secondary N) is 1. The number of carbonyl (C=O) groups excluding carboxylic acids is 1. The van der Waals surface area contributed by atoms with Crippen molar-refractivity contribution in [1.82, 2.24) is 0 Å². The maximum absolute atomic E-state index is 12.3. The molecule has 3 N–H and O–H groups in total. The van der Waals surface area contributed by atoms with Crippen molar-refractivity contribution < 1.29 is 9.53 Å². The summed E-state index contributed by atoms with van der Waals surface area (Å²) < 4.78 is 5.29. The fraction of sp³-hybridized carbons (Fsp3) is 0.462. The van der Waals surface area contributed by atoms with Crippen LogP contribution in [0.1, 0.15) is 12.8 Å². The van der Waals surface area contributed by atoms with Crippen molar-refractivity contribution in [3.63, 3.8) is 0 Å². The van der Waals surface area contributed by atoms with Gasteiger partial charge in [0.05, 0.1) is 5.41 Å². The number of ether oxygens (including phenoxy) is 1. The second-order valence-electron chi connectivity index (χ2n) is 4.42. The van der Waals surface area contributed by atoms with Gasteiger partial charge in [-0.2, -0.15) is 0 Å². The molecule has 1 saturated heterocycles. The van der Waals surface area contributed by atoms with E-state index in [0.29, 0.717) is 32.6 Å². The third-order valence-corrected chi connectivity index (χ3v) is 3.35. The number of para-hydroxylation sites is 1. The zero-order valence-electron chi connectivity index (χ0n) is 10.2. The van der Waals surface area contributed by atoms with Crippen molar-refractivity contribution in [2.45, 2.75) is 12.8 Å². The fourth-order valence-electron chi connectivity index (χ4n) is 2.07. The molecule has 0 radical (unpaired) electrons. The first-order valence-electron chi connectivity index (χ1n) is 5.91. The fourth-order valence-corrected chi connectivity index (χ4v) is 2.07. The van der Waals surface area contributed by atoms with Gasteiger partial charge in [0, 0.05) is 25.4 Å². The SMILES string of the molecule is Cl.NCC1(C(=O)Nc2ccccc2)CCOCC1. The summed E-state index contributed by atoms with van der Waals surface area (Å²) in [5.41, 5.74) is 6.13. The number of anilines is 1. The number of nitrogens with two attached hydrogens (primary N) is 1. The lowest BCUT2D eigenvalue weighted by Crippen LogP contribution is -2.46. The molecule has 1 aromatic carbocycles. The summed E-state index contributed by atoms with van der Waals surface area (Å²) in [4.78, 5) is 12.3. The summed E-state index contributed by atoms with van der Waals surface area (Å²) in [6.45, 7) is 1.59. The standard InChI is InChI=1S/C13H18N2O2.ClH/c14-10-13(6-8-17-9-7-13)12(16)15-11-4-2-1-3-5-11;/h1-5H,6-10,14H2,(H,15,16);1H. The minimum atomic E-state index is -0.464. The summed E-state index contributed by atoms with van der Waals surface area (Å²) in [6.07, 6.45) is 1.39. The largest absolute Gasteiger partial charge is 0.381 e. The van der Waals surface area contributed by atoms with E-state index in [1.54, 1.807) is 0 Å². The van der Waals surface area contributed by atoms with Gasteiger partial charge in [0.25, 0.3) is 0 Å². The lowest BCUT2D eigenvalue weighted by atomic mass is 9.79. The summed E-state index contributed by atoms with van der Waals surface area (Å²) >= 11 is 0. The van der Waals surface area contributed by atoms with E-state index < -0.39 is 5.41 Å². The molecule has 1 aromatic rings. The van der Waals surface area contributed by atoms with Crippen LogP contribution in [-0.2, 0) is 9.53 Å². The summed E-state index contributed by atoms with van der Waals surface area (Å²) in [5, 5.41) is 2.93. The molecule has 0 atom stereocenters. The Morgan fingerprint density at radius 2 is 1.89 bits per heavy atom. The third-order valence-electron chi connectivity index (χ3n) is 3.35. The predicted octanol–water partition coefficient (Wildman–Crippen LogP) is 1.80. The summed E-state index contributed by atoms with van der Waals surface area (Å²) in [6, 6.07) is 9.47. The monoisotopic (exact) mass is 270 g/mol. The molecule has 0 saturated carbocycles. The Labute approximate surface area is 113 Å². The van der Waals surface area contributed by atoms with E-state index in [1.807, 2.05) is 30.3 Å². The summed E-state index contributed by atoms with van der Waals surface area (Å²) in [7, 11) is 0. The average Bonchev–Trinajstić information content (AvgIpc) is 2.40. The first-order chi connectivity index (χ1) is 8.27. The van der Waals surface area contributed by atoms with Crippen LogP contribution in [0.15, 0.2) is 30.3 Å². The third kappa shape index (κ3) is 3.22. The van der Waals surface area contributed by atoms with E-state index in [2.05, 4.69) is 5.32 Å². The van der Waals surface area contributed by atoms with Crippen LogP contribution in [0.2, 0.25) is 0 Å². The molecular weight excluding hydrogens is 252 g/mol. The molecule has 100 valence electrons. The van der Waals surface area contributed by atoms with Crippen molar-refractivity contribution in [2.24, 2.45) is 11.1 Å². The van der Waals surface area contributed by atoms with E-state index in [1.165, 1.54) is 0 Å². The molecule has 0 spiro atoms. The molecule has 1 heterocycles. The minimum Gasteiger partial charge on any atom is -0.381 e. The quantitative estimate of drug-likeness (QED) is 0.880. The molecule has 0 unspecified atom stereocenters. The number of hydrogen-bond acceptors (Lipinski definition) is 3. The molecule has 1 fully saturated rings. The molecule has 0 bridgehead atoms. The van der Waals surface area contributed by atoms with Gasteiger partial charge < -0.3 is 15.8 Å². The van der Waals surface area contributed by atoms with Gasteiger partial charge in [0.1, 0.15) is 0 Å². The number of hydrogen-bond donors (Lipinski definition) is 2. The lowest BCUT2D eigenvalue weighted by Gasteiger charge is -2.34. The second-order valence-corrected chi connectivity index (χ2v) is 4.42. The van der Waals surface area contributed by atoms with Gasteiger partial charge in [-0.3, -0.25) is 4.79 Å². The van der Waals surface area contributed by atoms with E-state index in [-0.39, 0.29) is 18.3 Å². The number of rotatable bonds is 3. The van der Waals surface area contributed by atoms with E-state index >= 15 is 0 Å². The molecular formula is C13H19ClN2O2. The predicted molar refractivity (Wildman–Crippen MR) is 73.9 cm³/mol.